The maximum Gasteiger partial charge on any atom is 0.421 e. The first-order valence-electron chi connectivity index (χ1n) is 13.4. The van der Waals surface area contributed by atoms with Crippen LogP contribution in [0.5, 0.6) is 0 Å². The highest BCUT2D eigenvalue weighted by molar-refractivity contribution is 7.88. The summed E-state index contributed by atoms with van der Waals surface area (Å²) in [6, 6.07) is 9.67. The SMILES string of the molecule is CC(O)CNc1nc(-c2cnc(NC(C)C)s2)cc(-c2ccccc2CNS(=O)(=O)NC(=O)OCCNC2CC2)n1. The van der Waals surface area contributed by atoms with Gasteiger partial charge in [-0.1, -0.05) is 35.6 Å². The number of nitrogens with one attached hydrogen (secondary N) is 5. The van der Waals surface area contributed by atoms with Gasteiger partial charge in [0.1, 0.15) is 6.61 Å². The number of thiazole rings is 1. The van der Waals surface area contributed by atoms with Crippen molar-refractivity contribution in [2.24, 2.45) is 0 Å². The highest BCUT2D eigenvalue weighted by Crippen LogP contribution is 2.32. The van der Waals surface area contributed by atoms with E-state index in [-0.39, 0.29) is 25.7 Å². The quantitative estimate of drug-likeness (QED) is 0.140. The maximum atomic E-state index is 12.5. The van der Waals surface area contributed by atoms with Crippen molar-refractivity contribution in [2.45, 2.75) is 58.3 Å². The summed E-state index contributed by atoms with van der Waals surface area (Å²) in [6.45, 7) is 6.37. The van der Waals surface area contributed by atoms with Crippen molar-refractivity contribution in [1.29, 1.82) is 0 Å². The van der Waals surface area contributed by atoms with E-state index in [0.29, 0.717) is 41.0 Å². The third-order valence-corrected chi connectivity index (χ3v) is 7.67. The summed E-state index contributed by atoms with van der Waals surface area (Å²) in [5, 5.41) is 20.0. The summed E-state index contributed by atoms with van der Waals surface area (Å²) < 4.78 is 34.3. The van der Waals surface area contributed by atoms with Gasteiger partial charge in [-0.15, -0.1) is 0 Å². The second-order valence-electron chi connectivity index (χ2n) is 9.97. The number of ether oxygens (including phenoxy) is 1. The Kier molecular flexibility index (Phi) is 10.4. The smallest absolute Gasteiger partial charge is 0.421 e. The first-order chi connectivity index (χ1) is 19.6. The van der Waals surface area contributed by atoms with Crippen LogP contribution in [-0.2, 0) is 21.5 Å². The molecule has 13 nitrogen and oxygen atoms in total. The van der Waals surface area contributed by atoms with Gasteiger partial charge < -0.3 is 25.8 Å². The van der Waals surface area contributed by atoms with Gasteiger partial charge >= 0.3 is 16.3 Å². The average Bonchev–Trinajstić information content (AvgIpc) is 3.64. The molecule has 2 aromatic heterocycles. The Morgan fingerprint density at radius 1 is 1.17 bits per heavy atom. The zero-order valence-electron chi connectivity index (χ0n) is 23.2. The molecule has 1 aliphatic rings. The van der Waals surface area contributed by atoms with E-state index in [1.54, 1.807) is 31.3 Å². The Morgan fingerprint density at radius 3 is 2.66 bits per heavy atom. The number of carbonyl (C=O) groups is 1. The fourth-order valence-corrected chi connectivity index (χ4v) is 5.32. The second kappa shape index (κ2) is 14.0. The molecule has 3 aromatic rings. The molecule has 1 saturated carbocycles. The van der Waals surface area contributed by atoms with Crippen molar-refractivity contribution in [2.75, 3.05) is 30.3 Å². The minimum Gasteiger partial charge on any atom is -0.447 e. The summed E-state index contributed by atoms with van der Waals surface area (Å²) in [6.07, 6.45) is 2.26. The van der Waals surface area contributed by atoms with Crippen molar-refractivity contribution >= 4 is 38.7 Å². The first-order valence-corrected chi connectivity index (χ1v) is 15.7. The monoisotopic (exact) mass is 604 g/mol. The number of aromatic nitrogens is 3. The number of carbonyl (C=O) groups excluding carboxylic acids is 1. The summed E-state index contributed by atoms with van der Waals surface area (Å²) in [7, 11) is -4.19. The minimum atomic E-state index is -4.19. The lowest BCUT2D eigenvalue weighted by Crippen LogP contribution is -2.40. The highest BCUT2D eigenvalue weighted by Gasteiger charge is 2.21. The molecule has 2 heterocycles. The zero-order chi connectivity index (χ0) is 29.4. The largest absolute Gasteiger partial charge is 0.447 e. The third-order valence-electron chi connectivity index (χ3n) is 5.76. The molecule has 1 fully saturated rings. The van der Waals surface area contributed by atoms with Crippen LogP contribution in [0.2, 0.25) is 0 Å². The molecule has 0 bridgehead atoms. The lowest BCUT2D eigenvalue weighted by molar-refractivity contribution is 0.153. The number of benzene rings is 1. The Labute approximate surface area is 243 Å². The summed E-state index contributed by atoms with van der Waals surface area (Å²) in [5.41, 5.74) is 2.45. The van der Waals surface area contributed by atoms with Crippen molar-refractivity contribution in [3.8, 4) is 21.8 Å². The Hall–Kier alpha value is -3.37. The fourth-order valence-electron chi connectivity index (χ4n) is 3.70. The van der Waals surface area contributed by atoms with Crippen LogP contribution >= 0.6 is 11.3 Å². The fraction of sp³-hybridized carbons (Fsp3) is 0.462. The van der Waals surface area contributed by atoms with E-state index >= 15 is 0 Å². The first kappa shape index (κ1) is 30.6. The molecule has 0 saturated heterocycles. The molecule has 41 heavy (non-hydrogen) atoms. The molecule has 0 aliphatic heterocycles. The lowest BCUT2D eigenvalue weighted by Gasteiger charge is -2.14. The van der Waals surface area contributed by atoms with Gasteiger partial charge in [0.05, 0.1) is 22.4 Å². The molecule has 1 atom stereocenters. The van der Waals surface area contributed by atoms with Crippen LogP contribution in [-0.4, -0.2) is 72.5 Å². The van der Waals surface area contributed by atoms with Crippen LogP contribution in [0.4, 0.5) is 15.9 Å². The van der Waals surface area contributed by atoms with E-state index in [1.807, 2.05) is 30.7 Å². The molecule has 1 aliphatic carbocycles. The normalized spacial score (nSPS) is 14.1. The van der Waals surface area contributed by atoms with Crippen molar-refractivity contribution in [3.05, 3.63) is 42.1 Å². The molecule has 0 spiro atoms. The number of nitrogens with zero attached hydrogens (tertiary/aromatic N) is 3. The minimum absolute atomic E-state index is 0.0664. The van der Waals surface area contributed by atoms with Gasteiger partial charge in [0, 0.05) is 43.5 Å². The predicted octanol–water partition coefficient (Wildman–Crippen LogP) is 2.69. The molecular formula is C26H36N8O5S2. The summed E-state index contributed by atoms with van der Waals surface area (Å²) in [4.78, 5) is 26.5. The molecular weight excluding hydrogens is 568 g/mol. The predicted molar refractivity (Wildman–Crippen MR) is 159 cm³/mol. The summed E-state index contributed by atoms with van der Waals surface area (Å²) >= 11 is 1.45. The van der Waals surface area contributed by atoms with Crippen LogP contribution in [0, 0.1) is 0 Å². The van der Waals surface area contributed by atoms with Crippen LogP contribution < -0.4 is 25.4 Å². The second-order valence-corrected chi connectivity index (χ2v) is 12.5. The van der Waals surface area contributed by atoms with Crippen LogP contribution in [0.15, 0.2) is 36.5 Å². The van der Waals surface area contributed by atoms with Crippen molar-refractivity contribution in [1.82, 2.24) is 29.7 Å². The molecule has 15 heteroatoms. The standard InChI is InChI=1S/C26H36N8O5S2/c1-16(2)31-25-29-15-23(40-25)22-12-21(32-24(33-22)28-13-17(3)35)20-7-5-4-6-18(20)14-30-41(37,38)34-26(36)39-11-10-27-19-8-9-19/h4-7,12,15-17,19,27,30,35H,8-11,13-14H2,1-3H3,(H,29,31)(H,34,36)(H,28,32,33). The van der Waals surface area contributed by atoms with E-state index in [4.69, 9.17) is 4.74 Å². The highest BCUT2D eigenvalue weighted by atomic mass is 32.2. The van der Waals surface area contributed by atoms with Crippen LogP contribution in [0.25, 0.3) is 21.8 Å². The van der Waals surface area contributed by atoms with Gasteiger partial charge in [0.15, 0.2) is 5.13 Å². The van der Waals surface area contributed by atoms with E-state index in [2.05, 4.69) is 35.6 Å². The zero-order valence-corrected chi connectivity index (χ0v) is 24.8. The van der Waals surface area contributed by atoms with Gasteiger partial charge in [-0.2, -0.15) is 13.1 Å². The number of amides is 1. The van der Waals surface area contributed by atoms with E-state index < -0.39 is 22.4 Å². The van der Waals surface area contributed by atoms with Gasteiger partial charge in [0.2, 0.25) is 5.95 Å². The number of aliphatic hydroxyl groups is 1. The van der Waals surface area contributed by atoms with Gasteiger partial charge in [-0.05, 0) is 45.2 Å². The van der Waals surface area contributed by atoms with Crippen LogP contribution in [0.3, 0.4) is 0 Å². The van der Waals surface area contributed by atoms with Crippen LogP contribution in [0.1, 0.15) is 39.2 Å². The number of aliphatic hydroxyl groups excluding tert-OH is 1. The Balaban J connectivity index is 1.50. The Morgan fingerprint density at radius 2 is 1.93 bits per heavy atom. The topological polar surface area (TPSA) is 179 Å². The van der Waals surface area contributed by atoms with Gasteiger partial charge in [-0.25, -0.2) is 24.5 Å². The molecule has 6 N–H and O–H groups in total. The molecule has 1 aromatic carbocycles. The van der Waals surface area contributed by atoms with Gasteiger partial charge in [0.25, 0.3) is 0 Å². The number of rotatable bonds is 15. The van der Waals surface area contributed by atoms with Gasteiger partial charge in [-0.3, -0.25) is 0 Å². The third kappa shape index (κ3) is 9.89. The van der Waals surface area contributed by atoms with E-state index in [0.717, 1.165) is 22.9 Å². The summed E-state index contributed by atoms with van der Waals surface area (Å²) in [5.74, 6) is 0.307. The number of anilines is 2. The van der Waals surface area contributed by atoms with Crippen molar-refractivity contribution in [3.63, 3.8) is 0 Å². The maximum absolute atomic E-state index is 12.5. The van der Waals surface area contributed by atoms with E-state index in [9.17, 15) is 18.3 Å². The molecule has 0 radical (unpaired) electrons. The average molecular weight is 605 g/mol. The molecule has 1 amide bonds. The molecule has 1 unspecified atom stereocenters. The van der Waals surface area contributed by atoms with E-state index in [1.165, 1.54) is 11.3 Å². The van der Waals surface area contributed by atoms with Crippen molar-refractivity contribution < 1.29 is 23.1 Å². The lowest BCUT2D eigenvalue weighted by atomic mass is 10.0. The molecule has 222 valence electrons. The Bertz CT molecular complexity index is 1430. The molecule has 4 rings (SSSR count). The number of hydrogen-bond donors (Lipinski definition) is 6. The number of hydrogen-bond acceptors (Lipinski definition) is 12.